The largest absolute Gasteiger partial charge is 0.502 e. The average Bonchev–Trinajstić information content (AvgIpc) is 3.21. The summed E-state index contributed by atoms with van der Waals surface area (Å²) in [5.74, 6) is 0.904. The monoisotopic (exact) mass is 489 g/mol. The number of hydrogen-bond acceptors (Lipinski definition) is 8. The standard InChI is InChI=1S/C25H23N5O6/c1-35-21-11-10-16(12-22(21)36-2)13-23-27-18-7-3-4-8-19(18)29(23)15-24(31)28-26-14-17-6-5-9-20(25(17)32)30(33)34/h3-12,14,32H,13,15H2,1-2H3,(H,28,31)/b26-14+. The van der Waals surface area contributed by atoms with E-state index in [4.69, 9.17) is 14.5 Å². The highest BCUT2D eigenvalue weighted by Crippen LogP contribution is 2.29. The molecule has 0 fully saturated rings. The van der Waals surface area contributed by atoms with Crippen LogP contribution in [0.25, 0.3) is 11.0 Å². The maximum atomic E-state index is 12.7. The fourth-order valence-electron chi connectivity index (χ4n) is 3.76. The number of nitrogens with one attached hydrogen (secondary N) is 1. The molecule has 11 heteroatoms. The summed E-state index contributed by atoms with van der Waals surface area (Å²) in [6.45, 7) is -0.0681. The van der Waals surface area contributed by atoms with E-state index in [2.05, 4.69) is 10.5 Å². The van der Waals surface area contributed by atoms with E-state index in [1.165, 1.54) is 18.2 Å². The summed E-state index contributed by atoms with van der Waals surface area (Å²) in [4.78, 5) is 27.7. The molecular formula is C25H23N5O6. The number of nitrogens with zero attached hydrogens (tertiary/aromatic N) is 4. The van der Waals surface area contributed by atoms with E-state index < -0.39 is 22.3 Å². The highest BCUT2D eigenvalue weighted by molar-refractivity contribution is 5.87. The lowest BCUT2D eigenvalue weighted by atomic mass is 10.1. The van der Waals surface area contributed by atoms with Gasteiger partial charge in [-0.2, -0.15) is 5.10 Å². The number of amides is 1. The molecule has 0 aliphatic rings. The Morgan fingerprint density at radius 2 is 1.92 bits per heavy atom. The van der Waals surface area contributed by atoms with Gasteiger partial charge < -0.3 is 19.1 Å². The molecule has 36 heavy (non-hydrogen) atoms. The van der Waals surface area contributed by atoms with E-state index >= 15 is 0 Å². The maximum absolute atomic E-state index is 12.7. The molecule has 0 saturated heterocycles. The fraction of sp³-hybridized carbons (Fsp3) is 0.160. The molecule has 0 aliphatic carbocycles. The molecule has 1 amide bonds. The zero-order valence-corrected chi connectivity index (χ0v) is 19.5. The summed E-state index contributed by atoms with van der Waals surface area (Å²) in [5, 5.41) is 24.9. The van der Waals surface area contributed by atoms with E-state index in [9.17, 15) is 20.0 Å². The smallest absolute Gasteiger partial charge is 0.311 e. The number of fused-ring (bicyclic) bond motifs is 1. The Hall–Kier alpha value is -4.93. The van der Waals surface area contributed by atoms with Gasteiger partial charge in [0, 0.05) is 18.1 Å². The lowest BCUT2D eigenvalue weighted by Crippen LogP contribution is -2.24. The summed E-state index contributed by atoms with van der Waals surface area (Å²) >= 11 is 0. The van der Waals surface area contributed by atoms with Crippen molar-refractivity contribution in [2.24, 2.45) is 5.10 Å². The molecule has 0 saturated carbocycles. The number of nitro benzene ring substituents is 1. The van der Waals surface area contributed by atoms with Crippen molar-refractivity contribution in [3.05, 3.63) is 87.7 Å². The van der Waals surface area contributed by atoms with Gasteiger partial charge in [-0.15, -0.1) is 0 Å². The molecule has 2 N–H and O–H groups in total. The summed E-state index contributed by atoms with van der Waals surface area (Å²) in [6.07, 6.45) is 1.59. The quantitative estimate of drug-likeness (QED) is 0.208. The lowest BCUT2D eigenvalue weighted by molar-refractivity contribution is -0.385. The molecular weight excluding hydrogens is 466 g/mol. The zero-order valence-electron chi connectivity index (χ0n) is 19.5. The third-order valence-corrected chi connectivity index (χ3v) is 5.48. The summed E-state index contributed by atoms with van der Waals surface area (Å²) in [5.41, 5.74) is 4.50. The number of methoxy groups -OCH3 is 2. The molecule has 0 bridgehead atoms. The van der Waals surface area contributed by atoms with Crippen LogP contribution in [0, 0.1) is 10.1 Å². The van der Waals surface area contributed by atoms with Crippen molar-refractivity contribution in [3.63, 3.8) is 0 Å². The number of hydrogen-bond donors (Lipinski definition) is 2. The summed E-state index contributed by atoms with van der Waals surface area (Å²) in [6, 6.07) is 17.1. The van der Waals surface area contributed by atoms with Crippen LogP contribution < -0.4 is 14.9 Å². The van der Waals surface area contributed by atoms with Crippen LogP contribution in [0.5, 0.6) is 17.2 Å². The van der Waals surface area contributed by atoms with Gasteiger partial charge in [-0.1, -0.05) is 24.3 Å². The molecule has 11 nitrogen and oxygen atoms in total. The first-order valence-electron chi connectivity index (χ1n) is 10.8. The van der Waals surface area contributed by atoms with Crippen molar-refractivity contribution in [2.45, 2.75) is 13.0 Å². The molecule has 0 spiro atoms. The number of phenolic OH excluding ortho intramolecular Hbond substituents is 1. The van der Waals surface area contributed by atoms with Crippen LogP contribution in [-0.2, 0) is 17.8 Å². The van der Waals surface area contributed by atoms with Crippen molar-refractivity contribution in [3.8, 4) is 17.2 Å². The van der Waals surface area contributed by atoms with Gasteiger partial charge in [0.05, 0.1) is 36.4 Å². The Kier molecular flexibility index (Phi) is 7.10. The molecule has 1 heterocycles. The van der Waals surface area contributed by atoms with E-state index in [-0.39, 0.29) is 12.1 Å². The number of hydrazone groups is 1. The lowest BCUT2D eigenvalue weighted by Gasteiger charge is -2.11. The van der Waals surface area contributed by atoms with E-state index in [1.54, 1.807) is 18.8 Å². The number of phenols is 1. The van der Waals surface area contributed by atoms with Crippen LogP contribution in [0.2, 0.25) is 0 Å². The SMILES string of the molecule is COc1ccc(Cc2nc3ccccc3n2CC(=O)N/N=C/c2cccc([N+](=O)[O-])c2O)cc1OC. The Labute approximate surface area is 205 Å². The second-order valence-electron chi connectivity index (χ2n) is 7.73. The average molecular weight is 489 g/mol. The predicted octanol–water partition coefficient (Wildman–Crippen LogP) is 3.41. The van der Waals surface area contributed by atoms with E-state index in [0.29, 0.717) is 23.7 Å². The summed E-state index contributed by atoms with van der Waals surface area (Å²) < 4.78 is 12.5. The van der Waals surface area contributed by atoms with Gasteiger partial charge in [-0.3, -0.25) is 14.9 Å². The highest BCUT2D eigenvalue weighted by Gasteiger charge is 2.17. The normalized spacial score (nSPS) is 11.1. The molecule has 3 aromatic carbocycles. The maximum Gasteiger partial charge on any atom is 0.311 e. The van der Waals surface area contributed by atoms with Gasteiger partial charge in [-0.25, -0.2) is 10.4 Å². The van der Waals surface area contributed by atoms with Gasteiger partial charge in [0.1, 0.15) is 12.4 Å². The van der Waals surface area contributed by atoms with Crippen molar-refractivity contribution in [1.29, 1.82) is 0 Å². The first kappa shape index (κ1) is 24.2. The van der Waals surface area contributed by atoms with Crippen LogP contribution in [0.15, 0.2) is 65.8 Å². The second kappa shape index (κ2) is 10.6. The van der Waals surface area contributed by atoms with Gasteiger partial charge >= 0.3 is 5.69 Å². The van der Waals surface area contributed by atoms with Crippen molar-refractivity contribution < 1.29 is 24.3 Å². The van der Waals surface area contributed by atoms with Crippen LogP contribution in [0.3, 0.4) is 0 Å². The molecule has 4 rings (SSSR count). The van der Waals surface area contributed by atoms with Crippen molar-refractivity contribution in [1.82, 2.24) is 15.0 Å². The molecule has 4 aromatic rings. The Morgan fingerprint density at radius 1 is 1.14 bits per heavy atom. The third kappa shape index (κ3) is 5.09. The number of benzene rings is 3. The number of carbonyl (C=O) groups excluding carboxylic acids is 1. The van der Waals surface area contributed by atoms with Gasteiger partial charge in [0.2, 0.25) is 5.75 Å². The van der Waals surface area contributed by atoms with Crippen molar-refractivity contribution in [2.75, 3.05) is 14.2 Å². The van der Waals surface area contributed by atoms with Crippen LogP contribution >= 0.6 is 0 Å². The number of aromatic nitrogens is 2. The van der Waals surface area contributed by atoms with E-state index in [0.717, 1.165) is 22.8 Å². The fourth-order valence-corrected chi connectivity index (χ4v) is 3.76. The molecule has 0 aliphatic heterocycles. The predicted molar refractivity (Wildman–Crippen MR) is 133 cm³/mol. The Bertz CT molecular complexity index is 1460. The third-order valence-electron chi connectivity index (χ3n) is 5.48. The van der Waals surface area contributed by atoms with Crippen LogP contribution in [-0.4, -0.2) is 45.9 Å². The molecule has 184 valence electrons. The van der Waals surface area contributed by atoms with Gasteiger partial charge in [-0.05, 0) is 35.9 Å². The van der Waals surface area contributed by atoms with Crippen LogP contribution in [0.1, 0.15) is 17.0 Å². The summed E-state index contributed by atoms with van der Waals surface area (Å²) in [7, 11) is 3.13. The first-order valence-corrected chi connectivity index (χ1v) is 10.8. The minimum Gasteiger partial charge on any atom is -0.502 e. The van der Waals surface area contributed by atoms with Gasteiger partial charge in [0.25, 0.3) is 5.91 Å². The van der Waals surface area contributed by atoms with Crippen LogP contribution in [0.4, 0.5) is 5.69 Å². The Morgan fingerprint density at radius 3 is 2.67 bits per heavy atom. The molecule has 1 aromatic heterocycles. The molecule has 0 unspecified atom stereocenters. The number of carbonyl (C=O) groups is 1. The number of aromatic hydroxyl groups is 1. The minimum absolute atomic E-state index is 0.0681. The second-order valence-corrected chi connectivity index (χ2v) is 7.73. The Balaban J connectivity index is 1.55. The first-order chi connectivity index (χ1) is 17.4. The van der Waals surface area contributed by atoms with Gasteiger partial charge in [0.15, 0.2) is 11.5 Å². The number of rotatable bonds is 9. The highest BCUT2D eigenvalue weighted by atomic mass is 16.6. The molecule has 0 radical (unpaired) electrons. The van der Waals surface area contributed by atoms with Crippen molar-refractivity contribution >= 4 is 28.8 Å². The topological polar surface area (TPSA) is 141 Å². The zero-order chi connectivity index (χ0) is 25.7. The molecule has 0 atom stereocenters. The number of ether oxygens (including phenoxy) is 2. The number of para-hydroxylation sites is 3. The minimum atomic E-state index is -0.699. The van der Waals surface area contributed by atoms with E-state index in [1.807, 2.05) is 42.5 Å². The number of nitro groups is 1. The number of imidazole rings is 1.